The fourth-order valence-corrected chi connectivity index (χ4v) is 8.69. The normalized spacial score (nSPS) is 25.2. The Morgan fingerprint density at radius 1 is 0.936 bits per heavy atom. The lowest BCUT2D eigenvalue weighted by atomic mass is 9.76. The van der Waals surface area contributed by atoms with Gasteiger partial charge in [-0.1, -0.05) is 43.2 Å². The summed E-state index contributed by atoms with van der Waals surface area (Å²) >= 11 is 0. The zero-order chi connectivity index (χ0) is 32.9. The van der Waals surface area contributed by atoms with Gasteiger partial charge in [-0.15, -0.1) is 0 Å². The number of likely N-dealkylation sites (tertiary alicyclic amines) is 3. The molecule has 0 bridgehead atoms. The van der Waals surface area contributed by atoms with E-state index in [2.05, 4.69) is 50.2 Å². The highest BCUT2D eigenvalue weighted by Gasteiger charge is 2.46. The predicted octanol–water partition coefficient (Wildman–Crippen LogP) is 5.66. The largest absolute Gasteiger partial charge is 0.417 e. The summed E-state index contributed by atoms with van der Waals surface area (Å²) in [6, 6.07) is 13.0. The van der Waals surface area contributed by atoms with Crippen LogP contribution in [0.5, 0.6) is 0 Å². The van der Waals surface area contributed by atoms with Crippen LogP contribution in [0.15, 0.2) is 48.7 Å². The van der Waals surface area contributed by atoms with Crippen LogP contribution in [0.3, 0.4) is 0 Å². The minimum atomic E-state index is -4.47. The number of amides is 2. The number of aryl methyl sites for hydroxylation is 1. The minimum Gasteiger partial charge on any atom is -0.342 e. The van der Waals surface area contributed by atoms with E-state index in [0.29, 0.717) is 47.8 Å². The molecule has 47 heavy (non-hydrogen) atoms. The van der Waals surface area contributed by atoms with E-state index in [4.69, 9.17) is 0 Å². The number of hydrogen-bond acceptors (Lipinski definition) is 5. The number of rotatable bonds is 7. The van der Waals surface area contributed by atoms with E-state index in [1.807, 2.05) is 4.90 Å². The van der Waals surface area contributed by atoms with Crippen molar-refractivity contribution in [3.05, 3.63) is 76.7 Å². The summed E-state index contributed by atoms with van der Waals surface area (Å²) in [5, 5.41) is 4.47. The van der Waals surface area contributed by atoms with Crippen molar-refractivity contribution in [3.63, 3.8) is 0 Å². The van der Waals surface area contributed by atoms with Crippen molar-refractivity contribution in [1.29, 1.82) is 0 Å². The van der Waals surface area contributed by atoms with Crippen LogP contribution in [-0.2, 0) is 16.4 Å². The summed E-state index contributed by atoms with van der Waals surface area (Å²) in [6.07, 6.45) is 2.70. The summed E-state index contributed by atoms with van der Waals surface area (Å²) in [5.74, 6) is 1.50. The second-order valence-electron chi connectivity index (χ2n) is 14.2. The quantitative estimate of drug-likeness (QED) is 0.331. The molecule has 3 aromatic rings. The lowest BCUT2D eigenvalue weighted by Crippen LogP contribution is -2.39. The van der Waals surface area contributed by atoms with Crippen molar-refractivity contribution in [1.82, 2.24) is 29.5 Å². The molecule has 4 aliphatic rings. The molecular formula is C36H43F3N6O2. The van der Waals surface area contributed by atoms with Gasteiger partial charge in [-0.3, -0.25) is 9.59 Å². The summed E-state index contributed by atoms with van der Waals surface area (Å²) < 4.78 is 40.5. The third kappa shape index (κ3) is 6.07. The van der Waals surface area contributed by atoms with E-state index in [-0.39, 0.29) is 23.1 Å². The average Bonchev–Trinajstić information content (AvgIpc) is 3.89. The van der Waals surface area contributed by atoms with Crippen molar-refractivity contribution in [2.75, 3.05) is 45.8 Å². The predicted molar refractivity (Wildman–Crippen MR) is 171 cm³/mol. The second-order valence-corrected chi connectivity index (χ2v) is 14.2. The Bertz CT molecular complexity index is 1600. The Kier molecular flexibility index (Phi) is 8.39. The van der Waals surface area contributed by atoms with Crippen molar-refractivity contribution in [2.45, 2.75) is 64.0 Å². The zero-order valence-corrected chi connectivity index (χ0v) is 27.2. The highest BCUT2D eigenvalue weighted by Crippen LogP contribution is 2.41. The molecule has 0 N–H and O–H groups in total. The molecule has 3 aliphatic heterocycles. The van der Waals surface area contributed by atoms with Gasteiger partial charge in [0.15, 0.2) is 5.82 Å². The Hall–Kier alpha value is -3.73. The van der Waals surface area contributed by atoms with E-state index in [0.717, 1.165) is 83.5 Å². The molecule has 0 radical (unpaired) electrons. The number of aromatic nitrogens is 3. The first-order valence-electron chi connectivity index (χ1n) is 17.0. The number of nitrogens with zero attached hydrogens (tertiary/aromatic N) is 6. The van der Waals surface area contributed by atoms with Crippen LogP contribution in [0.25, 0.3) is 5.82 Å². The van der Waals surface area contributed by atoms with Gasteiger partial charge in [-0.25, -0.2) is 9.67 Å². The van der Waals surface area contributed by atoms with Crippen molar-refractivity contribution in [3.8, 4) is 5.82 Å². The van der Waals surface area contributed by atoms with Crippen molar-refractivity contribution < 1.29 is 22.8 Å². The minimum absolute atomic E-state index is 0.0354. The van der Waals surface area contributed by atoms with Crippen molar-refractivity contribution in [2.24, 2.45) is 17.8 Å². The number of fused-ring (bicyclic) bond motifs is 1. The zero-order valence-electron chi connectivity index (χ0n) is 27.2. The molecule has 0 spiro atoms. The van der Waals surface area contributed by atoms with Gasteiger partial charge in [-0.2, -0.15) is 18.3 Å². The topological polar surface area (TPSA) is 74.6 Å². The van der Waals surface area contributed by atoms with Gasteiger partial charge in [-0.05, 0) is 75.6 Å². The third-order valence-electron chi connectivity index (χ3n) is 11.3. The molecule has 1 saturated carbocycles. The number of carbonyl (C=O) groups is 2. The molecule has 11 heteroatoms. The maximum atomic E-state index is 13.8. The SMILES string of the molecule is Cc1nn(-c2ccc(C(F)(F)F)cn2)c(C)c1C(=O)N1CC2CN(CCC3(c4ccccc4)CCN(C(=O)C4CCCC4)C3)CC2C1. The van der Waals surface area contributed by atoms with Crippen LogP contribution >= 0.6 is 0 Å². The third-order valence-corrected chi connectivity index (χ3v) is 11.3. The standard InChI is InChI=1S/C36H43F3N6O2/c1-24-32(25(2)45(41-24)31-13-12-30(18-40-31)36(37,38)39)34(47)44-21-27-19-42(20-28(27)22-44)16-14-35(29-10-4-3-5-11-29)15-17-43(23-35)33(46)26-8-6-7-9-26/h3-5,10-13,18,26-28H,6-9,14-17,19-23H2,1-2H3. The molecule has 5 heterocycles. The van der Waals surface area contributed by atoms with Crippen LogP contribution in [0.4, 0.5) is 13.2 Å². The Labute approximate surface area is 273 Å². The fraction of sp³-hybridized carbons (Fsp3) is 0.556. The van der Waals surface area contributed by atoms with Crippen LogP contribution < -0.4 is 0 Å². The fourth-order valence-electron chi connectivity index (χ4n) is 8.69. The van der Waals surface area contributed by atoms with Crippen LogP contribution in [0.1, 0.15) is 71.4 Å². The lowest BCUT2D eigenvalue weighted by Gasteiger charge is -2.33. The molecule has 7 rings (SSSR count). The number of carbonyl (C=O) groups excluding carboxylic acids is 2. The molecule has 8 nitrogen and oxygen atoms in total. The van der Waals surface area contributed by atoms with Gasteiger partial charge in [0, 0.05) is 56.8 Å². The van der Waals surface area contributed by atoms with E-state index < -0.39 is 11.7 Å². The van der Waals surface area contributed by atoms with E-state index >= 15 is 0 Å². The van der Waals surface area contributed by atoms with Gasteiger partial charge in [0.2, 0.25) is 5.91 Å². The highest BCUT2D eigenvalue weighted by atomic mass is 19.4. The first-order chi connectivity index (χ1) is 22.5. The lowest BCUT2D eigenvalue weighted by molar-refractivity contribution is -0.138. The monoisotopic (exact) mass is 648 g/mol. The van der Waals surface area contributed by atoms with E-state index in [1.54, 1.807) is 13.8 Å². The number of pyridine rings is 1. The van der Waals surface area contributed by atoms with Crippen LogP contribution in [0, 0.1) is 31.6 Å². The van der Waals surface area contributed by atoms with Crippen LogP contribution in [0.2, 0.25) is 0 Å². The summed E-state index contributed by atoms with van der Waals surface area (Å²) in [6.45, 7) is 9.35. The number of halogens is 3. The molecule has 1 aromatic carbocycles. The first-order valence-corrected chi connectivity index (χ1v) is 17.0. The molecule has 4 fully saturated rings. The highest BCUT2D eigenvalue weighted by molar-refractivity contribution is 5.96. The Balaban J connectivity index is 0.983. The van der Waals surface area contributed by atoms with Gasteiger partial charge in [0.05, 0.1) is 22.5 Å². The summed E-state index contributed by atoms with van der Waals surface area (Å²) in [4.78, 5) is 37.7. The molecule has 2 aromatic heterocycles. The molecule has 3 unspecified atom stereocenters. The maximum Gasteiger partial charge on any atom is 0.417 e. The van der Waals surface area contributed by atoms with E-state index in [1.165, 1.54) is 16.3 Å². The molecule has 2 amide bonds. The number of alkyl halides is 3. The molecular weight excluding hydrogens is 605 g/mol. The van der Waals surface area contributed by atoms with Gasteiger partial charge < -0.3 is 14.7 Å². The number of benzene rings is 1. The van der Waals surface area contributed by atoms with Gasteiger partial charge in [0.25, 0.3) is 5.91 Å². The van der Waals surface area contributed by atoms with Crippen molar-refractivity contribution >= 4 is 11.8 Å². The van der Waals surface area contributed by atoms with E-state index in [9.17, 15) is 22.8 Å². The molecule has 3 saturated heterocycles. The van der Waals surface area contributed by atoms with Gasteiger partial charge >= 0.3 is 6.18 Å². The maximum absolute atomic E-state index is 13.8. The Morgan fingerprint density at radius 2 is 1.64 bits per heavy atom. The molecule has 1 aliphatic carbocycles. The van der Waals surface area contributed by atoms with Gasteiger partial charge in [0.1, 0.15) is 0 Å². The summed E-state index contributed by atoms with van der Waals surface area (Å²) in [7, 11) is 0. The second kappa shape index (κ2) is 12.4. The smallest absolute Gasteiger partial charge is 0.342 e. The molecule has 3 atom stereocenters. The number of hydrogen-bond donors (Lipinski definition) is 0. The van der Waals surface area contributed by atoms with Crippen LogP contribution in [-0.4, -0.2) is 87.1 Å². The molecule has 250 valence electrons. The Morgan fingerprint density at radius 3 is 2.28 bits per heavy atom. The summed E-state index contributed by atoms with van der Waals surface area (Å²) in [5.41, 5.74) is 2.07. The first kappa shape index (κ1) is 31.8. The average molecular weight is 649 g/mol.